The molecular weight excluding hydrogens is 345 g/mol. The van der Waals surface area contributed by atoms with Gasteiger partial charge in [-0.3, -0.25) is 4.90 Å². The summed E-state index contributed by atoms with van der Waals surface area (Å²) in [5.74, 6) is -0.0445. The number of aliphatic hydroxyl groups is 2. The molecule has 2 aromatic carbocycles. The third kappa shape index (κ3) is 4.00. The topological polar surface area (TPSA) is 63.9 Å². The van der Waals surface area contributed by atoms with Gasteiger partial charge in [-0.15, -0.1) is 0 Å². The molecule has 27 heavy (non-hydrogen) atoms. The summed E-state index contributed by atoms with van der Waals surface area (Å²) in [4.78, 5) is 2.17. The Kier molecular flexibility index (Phi) is 5.56. The molecule has 0 amide bonds. The first kappa shape index (κ1) is 19.8. The largest absolute Gasteiger partial charge is 0.507 e. The summed E-state index contributed by atoms with van der Waals surface area (Å²) in [5.41, 5.74) is 2.07. The molecular formula is C22H28FNO3. The monoisotopic (exact) mass is 373 g/mol. The van der Waals surface area contributed by atoms with E-state index in [4.69, 9.17) is 0 Å². The van der Waals surface area contributed by atoms with Gasteiger partial charge >= 0.3 is 0 Å². The number of phenolic OH excluding ortho intramolecular Hbond substituents is 1. The minimum atomic E-state index is -0.958. The van der Waals surface area contributed by atoms with Gasteiger partial charge in [-0.25, -0.2) is 4.39 Å². The zero-order chi connectivity index (χ0) is 19.8. The fourth-order valence-electron chi connectivity index (χ4n) is 3.99. The first-order valence-electron chi connectivity index (χ1n) is 9.42. The number of nitrogens with zero attached hydrogens (tertiary/aromatic N) is 1. The van der Waals surface area contributed by atoms with Crippen molar-refractivity contribution < 1.29 is 19.7 Å². The normalized spacial score (nSPS) is 19.6. The number of aliphatic hydroxyl groups excluding tert-OH is 1. The van der Waals surface area contributed by atoms with Gasteiger partial charge in [0.2, 0.25) is 0 Å². The van der Waals surface area contributed by atoms with Gasteiger partial charge in [0.15, 0.2) is 0 Å². The molecule has 0 spiro atoms. The van der Waals surface area contributed by atoms with Gasteiger partial charge in [-0.1, -0.05) is 12.1 Å². The highest BCUT2D eigenvalue weighted by Crippen LogP contribution is 2.35. The van der Waals surface area contributed by atoms with Crippen LogP contribution in [0.15, 0.2) is 36.4 Å². The Balaban J connectivity index is 1.69. The third-order valence-corrected chi connectivity index (χ3v) is 5.89. The lowest BCUT2D eigenvalue weighted by atomic mass is 9.83. The van der Waals surface area contributed by atoms with E-state index >= 15 is 0 Å². The second kappa shape index (κ2) is 7.58. The molecule has 0 aromatic heterocycles. The minimum absolute atomic E-state index is 0.119. The number of halogens is 1. The maximum Gasteiger partial charge on any atom is 0.123 e. The zero-order valence-corrected chi connectivity index (χ0v) is 16.1. The van der Waals surface area contributed by atoms with Crippen molar-refractivity contribution in [3.63, 3.8) is 0 Å². The van der Waals surface area contributed by atoms with E-state index < -0.39 is 11.7 Å². The first-order chi connectivity index (χ1) is 12.7. The van der Waals surface area contributed by atoms with E-state index in [1.807, 2.05) is 32.9 Å². The third-order valence-electron chi connectivity index (χ3n) is 5.89. The van der Waals surface area contributed by atoms with Crippen LogP contribution in [0.3, 0.4) is 0 Å². The van der Waals surface area contributed by atoms with Gasteiger partial charge in [0, 0.05) is 19.1 Å². The number of hydrogen-bond acceptors (Lipinski definition) is 4. The van der Waals surface area contributed by atoms with Crippen molar-refractivity contribution >= 4 is 0 Å². The van der Waals surface area contributed by atoms with Gasteiger partial charge in [-0.2, -0.15) is 0 Å². The molecule has 1 aliphatic heterocycles. The van der Waals surface area contributed by atoms with Crippen molar-refractivity contribution in [1.82, 2.24) is 4.90 Å². The van der Waals surface area contributed by atoms with Crippen molar-refractivity contribution in [3.05, 3.63) is 64.5 Å². The average molecular weight is 373 g/mol. The first-order valence-corrected chi connectivity index (χ1v) is 9.42. The van der Waals surface area contributed by atoms with Gasteiger partial charge in [0.05, 0.1) is 11.7 Å². The molecule has 0 saturated carbocycles. The maximum atomic E-state index is 13.1. The number of phenols is 1. The molecule has 5 heteroatoms. The molecule has 3 rings (SSSR count). The predicted octanol–water partition coefficient (Wildman–Crippen LogP) is 3.55. The maximum absolute atomic E-state index is 13.1. The van der Waals surface area contributed by atoms with Crippen molar-refractivity contribution in [2.45, 2.75) is 51.4 Å². The van der Waals surface area contributed by atoms with Crippen LogP contribution in [0.1, 0.15) is 48.1 Å². The molecule has 2 atom stereocenters. The lowest BCUT2D eigenvalue weighted by Crippen LogP contribution is -2.47. The predicted molar refractivity (Wildman–Crippen MR) is 103 cm³/mol. The molecule has 3 N–H and O–H groups in total. The Morgan fingerprint density at radius 2 is 1.56 bits per heavy atom. The Labute approximate surface area is 159 Å². The van der Waals surface area contributed by atoms with Crippen molar-refractivity contribution in [1.29, 1.82) is 0 Å². The minimum Gasteiger partial charge on any atom is -0.507 e. The summed E-state index contributed by atoms with van der Waals surface area (Å²) in [6.45, 7) is 6.91. The SMILES string of the molecule is Cc1cc([C@@H](O)[C@@H](C)N2CCC(O)(c3ccc(F)cc3)CC2)cc(C)c1O. The Morgan fingerprint density at radius 1 is 1.04 bits per heavy atom. The van der Waals surface area contributed by atoms with Gasteiger partial charge in [0.1, 0.15) is 11.6 Å². The molecule has 4 nitrogen and oxygen atoms in total. The molecule has 1 aliphatic rings. The molecule has 1 heterocycles. The van der Waals surface area contributed by atoms with E-state index in [-0.39, 0.29) is 17.6 Å². The number of piperidine rings is 1. The summed E-state index contributed by atoms with van der Waals surface area (Å²) in [6, 6.07) is 9.57. The summed E-state index contributed by atoms with van der Waals surface area (Å²) in [7, 11) is 0. The number of rotatable bonds is 4. The van der Waals surface area contributed by atoms with E-state index in [0.29, 0.717) is 25.9 Å². The van der Waals surface area contributed by atoms with Gasteiger partial charge < -0.3 is 15.3 Å². The van der Waals surface area contributed by atoms with Crippen LogP contribution in [0.4, 0.5) is 4.39 Å². The average Bonchev–Trinajstić information content (AvgIpc) is 2.65. The standard InChI is InChI=1S/C22H28FNO3/c1-14-12-17(13-15(2)20(14)25)21(26)16(3)24-10-8-22(27,9-11-24)18-4-6-19(23)7-5-18/h4-7,12-13,16,21,25-27H,8-11H2,1-3H3/t16-,21+/m1/s1. The smallest absolute Gasteiger partial charge is 0.123 e. The van der Waals surface area contributed by atoms with Crippen molar-refractivity contribution in [2.24, 2.45) is 0 Å². The zero-order valence-electron chi connectivity index (χ0n) is 16.1. The number of aryl methyl sites for hydroxylation is 2. The molecule has 0 aliphatic carbocycles. The number of likely N-dealkylation sites (tertiary alicyclic amines) is 1. The quantitative estimate of drug-likeness (QED) is 0.767. The van der Waals surface area contributed by atoms with E-state index in [1.165, 1.54) is 12.1 Å². The number of benzene rings is 2. The van der Waals surface area contributed by atoms with Gasteiger partial charge in [0.25, 0.3) is 0 Å². The Morgan fingerprint density at radius 3 is 2.07 bits per heavy atom. The van der Waals surface area contributed by atoms with Gasteiger partial charge in [-0.05, 0) is 80.1 Å². The van der Waals surface area contributed by atoms with Crippen LogP contribution in [-0.4, -0.2) is 39.4 Å². The summed E-state index contributed by atoms with van der Waals surface area (Å²) in [6.07, 6.45) is 0.382. The molecule has 146 valence electrons. The van der Waals surface area contributed by atoms with Crippen molar-refractivity contribution in [2.75, 3.05) is 13.1 Å². The molecule has 0 bridgehead atoms. The highest BCUT2D eigenvalue weighted by molar-refractivity contribution is 5.43. The second-order valence-corrected chi connectivity index (χ2v) is 7.76. The number of aromatic hydroxyl groups is 1. The van der Waals surface area contributed by atoms with Crippen LogP contribution in [0, 0.1) is 19.7 Å². The van der Waals surface area contributed by atoms with E-state index in [9.17, 15) is 19.7 Å². The molecule has 1 saturated heterocycles. The van der Waals surface area contributed by atoms with Crippen LogP contribution in [0.5, 0.6) is 5.75 Å². The van der Waals surface area contributed by atoms with E-state index in [0.717, 1.165) is 22.3 Å². The van der Waals surface area contributed by atoms with Crippen LogP contribution in [0.2, 0.25) is 0 Å². The molecule has 1 fully saturated rings. The molecule has 0 unspecified atom stereocenters. The van der Waals surface area contributed by atoms with Crippen LogP contribution < -0.4 is 0 Å². The van der Waals surface area contributed by atoms with E-state index in [2.05, 4.69) is 4.90 Å². The molecule has 0 radical (unpaired) electrons. The summed E-state index contributed by atoms with van der Waals surface area (Å²) < 4.78 is 13.1. The fraction of sp³-hybridized carbons (Fsp3) is 0.455. The number of hydrogen-bond donors (Lipinski definition) is 3. The Bertz CT molecular complexity index is 775. The van der Waals surface area contributed by atoms with Crippen LogP contribution in [0.25, 0.3) is 0 Å². The molecule has 2 aromatic rings. The summed E-state index contributed by atoms with van der Waals surface area (Å²) >= 11 is 0. The second-order valence-electron chi connectivity index (χ2n) is 7.76. The highest BCUT2D eigenvalue weighted by atomic mass is 19.1. The van der Waals surface area contributed by atoms with Crippen LogP contribution in [-0.2, 0) is 5.60 Å². The lowest BCUT2D eigenvalue weighted by molar-refractivity contribution is -0.0502. The summed E-state index contributed by atoms with van der Waals surface area (Å²) in [5, 5.41) is 31.7. The fourth-order valence-corrected chi connectivity index (χ4v) is 3.99. The Hall–Kier alpha value is -1.95. The highest BCUT2D eigenvalue weighted by Gasteiger charge is 2.36. The van der Waals surface area contributed by atoms with Crippen molar-refractivity contribution in [3.8, 4) is 5.75 Å². The lowest BCUT2D eigenvalue weighted by Gasteiger charge is -2.42. The van der Waals surface area contributed by atoms with Crippen LogP contribution >= 0.6 is 0 Å². The van der Waals surface area contributed by atoms with E-state index in [1.54, 1.807) is 12.1 Å².